The van der Waals surface area contributed by atoms with Crippen LogP contribution in [0, 0.1) is 23.6 Å². The topological polar surface area (TPSA) is 12.0 Å². The molecule has 0 aromatic heterocycles. The Morgan fingerprint density at radius 1 is 1.14 bits per heavy atom. The molecule has 0 bridgehead atoms. The van der Waals surface area contributed by atoms with Crippen molar-refractivity contribution in [2.24, 2.45) is 17.8 Å². The third-order valence-corrected chi connectivity index (χ3v) is 5.62. The second kappa shape index (κ2) is 8.19. The van der Waals surface area contributed by atoms with E-state index in [1.807, 2.05) is 23.9 Å². The Kier molecular flexibility index (Phi) is 6.56. The summed E-state index contributed by atoms with van der Waals surface area (Å²) in [7, 11) is 0. The van der Waals surface area contributed by atoms with Gasteiger partial charge in [-0.1, -0.05) is 20.8 Å². The van der Waals surface area contributed by atoms with E-state index in [9.17, 15) is 4.39 Å². The van der Waals surface area contributed by atoms with Crippen molar-refractivity contribution in [1.82, 2.24) is 5.32 Å². The predicted molar refractivity (Wildman–Crippen MR) is 90.3 cm³/mol. The van der Waals surface area contributed by atoms with Gasteiger partial charge in [-0.15, -0.1) is 11.8 Å². The minimum absolute atomic E-state index is 0.155. The van der Waals surface area contributed by atoms with Crippen LogP contribution in [0.2, 0.25) is 0 Å². The molecule has 1 nitrogen and oxygen atoms in total. The second-order valence-corrected chi connectivity index (χ2v) is 7.70. The van der Waals surface area contributed by atoms with E-state index in [0.29, 0.717) is 6.04 Å². The molecule has 1 aliphatic carbocycles. The Morgan fingerprint density at radius 3 is 2.33 bits per heavy atom. The van der Waals surface area contributed by atoms with Crippen LogP contribution in [-0.2, 0) is 0 Å². The standard InChI is InChI=1S/C18H28FNS/c1-4-20-18(15-10-13(2)9-14(3)11-15)12-21-17-7-5-16(19)6-8-17/h5-8,13-15,18,20H,4,9-12H2,1-3H3. The molecule has 1 fully saturated rings. The van der Waals surface area contributed by atoms with Crippen LogP contribution < -0.4 is 5.32 Å². The Balaban J connectivity index is 1.93. The number of thioether (sulfide) groups is 1. The lowest BCUT2D eigenvalue weighted by molar-refractivity contribution is 0.185. The van der Waals surface area contributed by atoms with E-state index < -0.39 is 0 Å². The average molecular weight is 309 g/mol. The van der Waals surface area contributed by atoms with Gasteiger partial charge in [0.25, 0.3) is 0 Å². The van der Waals surface area contributed by atoms with Crippen LogP contribution in [0.5, 0.6) is 0 Å². The Bertz CT molecular complexity index is 410. The van der Waals surface area contributed by atoms with Crippen molar-refractivity contribution >= 4 is 11.8 Å². The van der Waals surface area contributed by atoms with Gasteiger partial charge in [0.1, 0.15) is 5.82 Å². The van der Waals surface area contributed by atoms with Gasteiger partial charge >= 0.3 is 0 Å². The molecule has 1 aromatic rings. The molecule has 0 aliphatic heterocycles. The van der Waals surface area contributed by atoms with Gasteiger partial charge in [0.2, 0.25) is 0 Å². The zero-order chi connectivity index (χ0) is 15.2. The maximum Gasteiger partial charge on any atom is 0.123 e. The molecule has 0 saturated heterocycles. The molecule has 0 amide bonds. The van der Waals surface area contributed by atoms with E-state index >= 15 is 0 Å². The second-order valence-electron chi connectivity index (χ2n) is 6.61. The zero-order valence-electron chi connectivity index (χ0n) is 13.4. The van der Waals surface area contributed by atoms with E-state index in [1.54, 1.807) is 12.1 Å². The monoisotopic (exact) mass is 309 g/mol. The molecule has 3 unspecified atom stereocenters. The first-order chi connectivity index (χ1) is 10.1. The third-order valence-electron chi connectivity index (χ3n) is 4.49. The van der Waals surface area contributed by atoms with Crippen molar-refractivity contribution in [3.8, 4) is 0 Å². The Hall–Kier alpha value is -0.540. The fourth-order valence-electron chi connectivity index (χ4n) is 3.68. The van der Waals surface area contributed by atoms with Gasteiger partial charge in [-0.05, 0) is 67.8 Å². The molecule has 1 aliphatic rings. The van der Waals surface area contributed by atoms with Gasteiger partial charge in [0.05, 0.1) is 0 Å². The maximum atomic E-state index is 13.0. The van der Waals surface area contributed by atoms with Crippen molar-refractivity contribution in [3.63, 3.8) is 0 Å². The van der Waals surface area contributed by atoms with Crippen LogP contribution in [0.4, 0.5) is 4.39 Å². The first-order valence-corrected chi connectivity index (χ1v) is 9.18. The van der Waals surface area contributed by atoms with Crippen molar-refractivity contribution in [3.05, 3.63) is 30.1 Å². The Labute approximate surface area is 133 Å². The van der Waals surface area contributed by atoms with E-state index in [4.69, 9.17) is 0 Å². The first-order valence-electron chi connectivity index (χ1n) is 8.20. The lowest BCUT2D eigenvalue weighted by Crippen LogP contribution is -2.41. The molecule has 0 heterocycles. The number of rotatable bonds is 6. The number of hydrogen-bond donors (Lipinski definition) is 1. The highest BCUT2D eigenvalue weighted by Crippen LogP contribution is 2.36. The minimum atomic E-state index is -0.155. The van der Waals surface area contributed by atoms with Crippen molar-refractivity contribution < 1.29 is 4.39 Å². The van der Waals surface area contributed by atoms with E-state index in [-0.39, 0.29) is 5.82 Å². The number of benzene rings is 1. The van der Waals surface area contributed by atoms with E-state index in [2.05, 4.69) is 26.1 Å². The third kappa shape index (κ3) is 5.30. The number of nitrogens with one attached hydrogen (secondary N) is 1. The summed E-state index contributed by atoms with van der Waals surface area (Å²) in [5.41, 5.74) is 0. The van der Waals surface area contributed by atoms with Crippen LogP contribution in [0.15, 0.2) is 29.2 Å². The SMILES string of the molecule is CCNC(CSc1ccc(F)cc1)C1CC(C)CC(C)C1. The van der Waals surface area contributed by atoms with Crippen LogP contribution in [0.3, 0.4) is 0 Å². The minimum Gasteiger partial charge on any atom is -0.313 e. The first kappa shape index (κ1) is 16.8. The normalized spacial score (nSPS) is 27.5. The molecule has 21 heavy (non-hydrogen) atoms. The van der Waals surface area contributed by atoms with Crippen LogP contribution in [0.25, 0.3) is 0 Å². The summed E-state index contributed by atoms with van der Waals surface area (Å²) in [5, 5.41) is 3.68. The molecule has 0 radical (unpaired) electrons. The van der Waals surface area contributed by atoms with Crippen molar-refractivity contribution in [1.29, 1.82) is 0 Å². The summed E-state index contributed by atoms with van der Waals surface area (Å²) in [4.78, 5) is 1.16. The zero-order valence-corrected chi connectivity index (χ0v) is 14.3. The number of hydrogen-bond acceptors (Lipinski definition) is 2. The molecule has 0 spiro atoms. The van der Waals surface area contributed by atoms with Crippen LogP contribution in [-0.4, -0.2) is 18.3 Å². The quantitative estimate of drug-likeness (QED) is 0.745. The number of halogens is 1. The molecule has 3 atom stereocenters. The molecule has 1 N–H and O–H groups in total. The smallest absolute Gasteiger partial charge is 0.123 e. The van der Waals surface area contributed by atoms with Gasteiger partial charge in [-0.25, -0.2) is 4.39 Å². The van der Waals surface area contributed by atoms with Crippen LogP contribution in [0.1, 0.15) is 40.0 Å². The fraction of sp³-hybridized carbons (Fsp3) is 0.667. The van der Waals surface area contributed by atoms with Gasteiger partial charge in [-0.3, -0.25) is 0 Å². The van der Waals surface area contributed by atoms with E-state index in [0.717, 1.165) is 34.9 Å². The fourth-order valence-corrected chi connectivity index (χ4v) is 4.77. The summed E-state index contributed by atoms with van der Waals surface area (Å²) in [6.07, 6.45) is 4.05. The summed E-state index contributed by atoms with van der Waals surface area (Å²) in [5.74, 6) is 3.38. The Morgan fingerprint density at radius 2 is 1.76 bits per heavy atom. The van der Waals surface area contributed by atoms with Gasteiger partial charge in [0, 0.05) is 16.7 Å². The lowest BCUT2D eigenvalue weighted by atomic mass is 9.74. The van der Waals surface area contributed by atoms with Crippen molar-refractivity contribution in [2.45, 2.75) is 51.0 Å². The average Bonchev–Trinajstić information content (AvgIpc) is 2.44. The summed E-state index contributed by atoms with van der Waals surface area (Å²) >= 11 is 1.84. The summed E-state index contributed by atoms with van der Waals surface area (Å²) < 4.78 is 13.0. The molecule has 2 rings (SSSR count). The molecular formula is C18H28FNS. The predicted octanol–water partition coefficient (Wildman–Crippen LogP) is 4.97. The van der Waals surface area contributed by atoms with E-state index in [1.165, 1.54) is 19.3 Å². The molecular weight excluding hydrogens is 281 g/mol. The largest absolute Gasteiger partial charge is 0.313 e. The highest BCUT2D eigenvalue weighted by molar-refractivity contribution is 7.99. The van der Waals surface area contributed by atoms with Gasteiger partial charge < -0.3 is 5.32 Å². The van der Waals surface area contributed by atoms with Crippen LogP contribution >= 0.6 is 11.8 Å². The highest BCUT2D eigenvalue weighted by atomic mass is 32.2. The molecule has 118 valence electrons. The highest BCUT2D eigenvalue weighted by Gasteiger charge is 2.29. The summed E-state index contributed by atoms with van der Waals surface area (Å²) in [6, 6.07) is 7.44. The maximum absolute atomic E-state index is 13.0. The molecule has 1 aromatic carbocycles. The van der Waals surface area contributed by atoms with Crippen molar-refractivity contribution in [2.75, 3.05) is 12.3 Å². The van der Waals surface area contributed by atoms with Gasteiger partial charge in [0.15, 0.2) is 0 Å². The lowest BCUT2D eigenvalue weighted by Gasteiger charge is -2.37. The molecule has 3 heteroatoms. The van der Waals surface area contributed by atoms with Gasteiger partial charge in [-0.2, -0.15) is 0 Å². The summed E-state index contributed by atoms with van der Waals surface area (Å²) in [6.45, 7) is 7.98. The molecule has 1 saturated carbocycles.